The zero-order chi connectivity index (χ0) is 25.3. The molecule has 0 bridgehead atoms. The van der Waals surface area contributed by atoms with E-state index in [0.717, 1.165) is 31.7 Å². The van der Waals surface area contributed by atoms with Crippen LogP contribution >= 0.6 is 0 Å². The minimum atomic E-state index is -4.82. The minimum absolute atomic E-state index is 0. The van der Waals surface area contributed by atoms with Gasteiger partial charge in [0.25, 0.3) is 0 Å². The van der Waals surface area contributed by atoms with E-state index < -0.39 is 12.1 Å². The van der Waals surface area contributed by atoms with Crippen molar-refractivity contribution in [2.75, 3.05) is 32.4 Å². The van der Waals surface area contributed by atoms with E-state index in [1.54, 1.807) is 0 Å². The first kappa shape index (κ1) is 30.7. The van der Waals surface area contributed by atoms with Crippen LogP contribution in [0, 0.1) is 5.92 Å². The van der Waals surface area contributed by atoms with Gasteiger partial charge in [0.05, 0.1) is 5.69 Å². The maximum atomic E-state index is 12.6. The molecule has 35 heavy (non-hydrogen) atoms. The highest BCUT2D eigenvalue weighted by atomic mass is 19.4. The van der Waals surface area contributed by atoms with E-state index in [2.05, 4.69) is 39.3 Å². The van der Waals surface area contributed by atoms with Crippen molar-refractivity contribution >= 4 is 5.82 Å². The Morgan fingerprint density at radius 3 is 2.46 bits per heavy atom. The van der Waals surface area contributed by atoms with E-state index in [-0.39, 0.29) is 19.3 Å². The van der Waals surface area contributed by atoms with Gasteiger partial charge in [-0.25, -0.2) is 4.98 Å². The number of hydrogen-bond acceptors (Lipinski definition) is 6. The lowest BCUT2D eigenvalue weighted by atomic mass is 9.94. The van der Waals surface area contributed by atoms with Gasteiger partial charge in [0, 0.05) is 42.5 Å². The fraction of sp³-hybridized carbons (Fsp3) is 0.680. The third-order valence-corrected chi connectivity index (χ3v) is 5.88. The smallest absolute Gasteiger partial charge is 0.402 e. The first-order valence-electron chi connectivity index (χ1n) is 12.0. The molecule has 200 valence electrons. The molecule has 10 heteroatoms. The Kier molecular flexibility index (Phi) is 12.5. The van der Waals surface area contributed by atoms with Gasteiger partial charge in [-0.05, 0) is 58.3 Å². The number of alkyl halides is 3. The second kappa shape index (κ2) is 14.3. The Labute approximate surface area is 208 Å². The number of nitrogens with one attached hydrogen (secondary N) is 2. The van der Waals surface area contributed by atoms with Crippen molar-refractivity contribution in [2.24, 2.45) is 5.92 Å². The first-order chi connectivity index (χ1) is 16.1. The van der Waals surface area contributed by atoms with Crippen molar-refractivity contribution in [1.29, 1.82) is 0 Å². The van der Waals surface area contributed by atoms with E-state index in [1.165, 1.54) is 31.5 Å². The van der Waals surface area contributed by atoms with Crippen LogP contribution in [0.2, 0.25) is 0 Å². The molecule has 2 heterocycles. The number of aromatic nitrogens is 3. The van der Waals surface area contributed by atoms with Crippen LogP contribution in [0.1, 0.15) is 78.5 Å². The van der Waals surface area contributed by atoms with Gasteiger partial charge in [-0.3, -0.25) is 4.68 Å². The highest BCUT2D eigenvalue weighted by Gasteiger charge is 2.33. The molecule has 1 unspecified atom stereocenters. The highest BCUT2D eigenvalue weighted by molar-refractivity contribution is 5.64. The number of hydrogen-bond donors (Lipinski definition) is 3. The van der Waals surface area contributed by atoms with Gasteiger partial charge in [0.15, 0.2) is 11.6 Å². The number of halogens is 3. The molecule has 4 N–H and O–H groups in total. The quantitative estimate of drug-likeness (QED) is 0.380. The van der Waals surface area contributed by atoms with Crippen LogP contribution in [-0.2, 0) is 0 Å². The van der Waals surface area contributed by atoms with Crippen LogP contribution in [0.25, 0.3) is 11.3 Å². The topological polar surface area (TPSA) is 90.0 Å². The van der Waals surface area contributed by atoms with Gasteiger partial charge in [0.1, 0.15) is 0 Å². The number of anilines is 1. The van der Waals surface area contributed by atoms with Crippen LogP contribution in [0.4, 0.5) is 19.0 Å². The van der Waals surface area contributed by atoms with Gasteiger partial charge in [-0.15, -0.1) is 13.2 Å². The maximum Gasteiger partial charge on any atom is 0.573 e. The summed E-state index contributed by atoms with van der Waals surface area (Å²) in [6.45, 7) is 11.8. The van der Waals surface area contributed by atoms with E-state index in [9.17, 15) is 13.2 Å². The largest absolute Gasteiger partial charge is 0.573 e. The number of likely N-dealkylation sites (N-methyl/N-ethyl adjacent to an activating group) is 1. The third kappa shape index (κ3) is 9.33. The van der Waals surface area contributed by atoms with Gasteiger partial charge < -0.3 is 21.1 Å². The molecule has 0 aromatic carbocycles. The first-order valence-corrected chi connectivity index (χ1v) is 12.0. The number of pyridine rings is 1. The Hall–Kier alpha value is -2.33. The lowest BCUT2D eigenvalue weighted by Gasteiger charge is -2.19. The van der Waals surface area contributed by atoms with Crippen LogP contribution in [0.15, 0.2) is 18.3 Å². The van der Waals surface area contributed by atoms with Crippen molar-refractivity contribution in [3.63, 3.8) is 0 Å². The third-order valence-electron chi connectivity index (χ3n) is 5.88. The molecule has 1 aliphatic carbocycles. The summed E-state index contributed by atoms with van der Waals surface area (Å²) in [6, 6.07) is 3.35. The summed E-state index contributed by atoms with van der Waals surface area (Å²) in [5.74, 6) is 0.154. The molecular weight excluding hydrogens is 457 g/mol. The average molecular weight is 501 g/mol. The van der Waals surface area contributed by atoms with E-state index in [0.29, 0.717) is 23.1 Å². The second-order valence-electron chi connectivity index (χ2n) is 9.02. The Balaban J connectivity index is 0.000000590. The summed E-state index contributed by atoms with van der Waals surface area (Å²) in [5, 5.41) is 11.0. The summed E-state index contributed by atoms with van der Waals surface area (Å²) in [5.41, 5.74) is 7.66. The molecule has 1 fully saturated rings. The van der Waals surface area contributed by atoms with E-state index in [4.69, 9.17) is 5.73 Å². The van der Waals surface area contributed by atoms with Gasteiger partial charge in [-0.1, -0.05) is 34.1 Å². The molecule has 1 aliphatic rings. The average Bonchev–Trinajstić information content (AvgIpc) is 3.38. The van der Waals surface area contributed by atoms with Crippen LogP contribution in [0.5, 0.6) is 5.75 Å². The predicted molar refractivity (Wildman–Crippen MR) is 137 cm³/mol. The molecule has 3 rings (SSSR count). The van der Waals surface area contributed by atoms with Crippen molar-refractivity contribution in [3.05, 3.63) is 24.0 Å². The maximum absolute atomic E-state index is 12.6. The number of nitrogen functional groups attached to an aromatic ring is 1. The van der Waals surface area contributed by atoms with E-state index >= 15 is 0 Å². The Bertz CT molecular complexity index is 879. The molecule has 1 saturated carbocycles. The molecule has 0 aliphatic heterocycles. The second-order valence-corrected chi connectivity index (χ2v) is 9.02. The summed E-state index contributed by atoms with van der Waals surface area (Å²) in [4.78, 5) is 3.84. The number of ether oxygens (including phenoxy) is 1. The number of nitrogens with zero attached hydrogens (tertiary/aromatic N) is 3. The molecule has 0 spiro atoms. The molecule has 2 aromatic rings. The zero-order valence-electron chi connectivity index (χ0n) is 20.9. The van der Waals surface area contributed by atoms with Crippen molar-refractivity contribution in [3.8, 4) is 17.0 Å². The number of nitrogens with two attached hydrogens (primary N) is 1. The molecule has 7 nitrogen and oxygen atoms in total. The lowest BCUT2D eigenvalue weighted by molar-refractivity contribution is -0.274. The van der Waals surface area contributed by atoms with Gasteiger partial charge in [0.2, 0.25) is 0 Å². The van der Waals surface area contributed by atoms with Crippen molar-refractivity contribution in [2.45, 2.75) is 79.1 Å². The molecule has 0 radical (unpaired) electrons. The van der Waals surface area contributed by atoms with Crippen LogP contribution < -0.4 is 21.1 Å². The van der Waals surface area contributed by atoms with Crippen LogP contribution in [0.3, 0.4) is 0 Å². The predicted octanol–water partition coefficient (Wildman–Crippen LogP) is 5.75. The Morgan fingerprint density at radius 2 is 1.91 bits per heavy atom. The van der Waals surface area contributed by atoms with Crippen molar-refractivity contribution in [1.82, 2.24) is 25.4 Å². The lowest BCUT2D eigenvalue weighted by Crippen LogP contribution is -2.25. The fourth-order valence-electron chi connectivity index (χ4n) is 4.14. The summed E-state index contributed by atoms with van der Waals surface area (Å²) >= 11 is 0. The zero-order valence-corrected chi connectivity index (χ0v) is 20.9. The van der Waals surface area contributed by atoms with Crippen LogP contribution in [-0.4, -0.2) is 47.8 Å². The highest BCUT2D eigenvalue weighted by Crippen LogP contribution is 2.41. The molecular formula is C25H43F3N6O. The monoisotopic (exact) mass is 500 g/mol. The van der Waals surface area contributed by atoms with Crippen molar-refractivity contribution < 1.29 is 17.9 Å². The fourth-order valence-corrected chi connectivity index (χ4v) is 4.14. The molecule has 0 amide bonds. The normalized spacial score (nSPS) is 17.6. The Morgan fingerprint density at radius 1 is 1.20 bits per heavy atom. The van der Waals surface area contributed by atoms with Gasteiger partial charge >= 0.3 is 6.36 Å². The van der Waals surface area contributed by atoms with E-state index in [1.807, 2.05) is 31.6 Å². The molecule has 0 saturated heterocycles. The summed E-state index contributed by atoms with van der Waals surface area (Å²) in [6.07, 6.45) is 1.28. The number of rotatable bonds is 9. The summed E-state index contributed by atoms with van der Waals surface area (Å²) in [7, 11) is 1.97. The standard InChI is InChI=1S/C18H23F3N4O.C6H16N2.CH4/c1-10(2)25-15(13-6-4-5-11(13)3)8-14(24-25)12-7-16(17(22)23-9-12)26-18(19,20)21;1-3-4-8-6-5-7-2;/h7-11,13H,4-6H2,1-3H3,(H2,22,23);7-8H,3-6H2,1-2H3;1H4/t11?,13-;;/m1../s1. The molecule has 2 aromatic heterocycles. The summed E-state index contributed by atoms with van der Waals surface area (Å²) < 4.78 is 43.6. The SMILES string of the molecule is C.CC1CCC[C@H]1c1cc(-c2cnc(N)c(OC(F)(F)F)c2)nn1C(C)C.CCCNCCNC. The molecule has 2 atom stereocenters. The van der Waals surface area contributed by atoms with Gasteiger partial charge in [-0.2, -0.15) is 5.10 Å². The minimum Gasteiger partial charge on any atom is -0.402 e.